The van der Waals surface area contributed by atoms with Crippen molar-refractivity contribution in [2.75, 3.05) is 17.2 Å². The van der Waals surface area contributed by atoms with Crippen LogP contribution in [0.3, 0.4) is 0 Å². The standard InChI is InChI=1S/C33H30FN9/c1-32(2,3)20-39-29-23(16-36)17-38-31-26(29)13-21(15-35)14-27(31)40-30(22-6-8-25(34)9-7-22)28-19-43(42-41-28)33(10-11-33)24-5-4-12-37-18-24/h4-9,12-14,17-19,30,40H,10-11,20H2,1-3H3,(H,38,39)/t30-/m0/s1. The number of halogens is 1. The Morgan fingerprint density at radius 1 is 1.07 bits per heavy atom. The van der Waals surface area contributed by atoms with Crippen molar-refractivity contribution in [3.8, 4) is 12.1 Å². The molecule has 1 fully saturated rings. The number of benzene rings is 2. The monoisotopic (exact) mass is 571 g/mol. The minimum Gasteiger partial charge on any atom is -0.383 e. The molecule has 0 bridgehead atoms. The van der Waals surface area contributed by atoms with Crippen LogP contribution >= 0.6 is 0 Å². The molecule has 1 atom stereocenters. The van der Waals surface area contributed by atoms with Gasteiger partial charge in [-0.2, -0.15) is 10.5 Å². The third kappa shape index (κ3) is 5.47. The number of fused-ring (bicyclic) bond motifs is 1. The summed E-state index contributed by atoms with van der Waals surface area (Å²) in [5, 5.41) is 36.5. The van der Waals surface area contributed by atoms with Gasteiger partial charge in [-0.15, -0.1) is 5.10 Å². The Morgan fingerprint density at radius 3 is 2.51 bits per heavy atom. The van der Waals surface area contributed by atoms with Gasteiger partial charge < -0.3 is 10.6 Å². The number of hydrogen-bond donors (Lipinski definition) is 2. The summed E-state index contributed by atoms with van der Waals surface area (Å²) in [6.07, 6.45) is 8.89. The summed E-state index contributed by atoms with van der Waals surface area (Å²) in [5.41, 5.74) is 4.68. The van der Waals surface area contributed by atoms with Crippen LogP contribution in [-0.4, -0.2) is 31.5 Å². The van der Waals surface area contributed by atoms with E-state index in [1.54, 1.807) is 36.7 Å². The van der Waals surface area contributed by atoms with E-state index in [0.29, 0.717) is 45.6 Å². The van der Waals surface area contributed by atoms with E-state index < -0.39 is 6.04 Å². The van der Waals surface area contributed by atoms with Crippen molar-refractivity contribution in [2.45, 2.75) is 45.2 Å². The van der Waals surface area contributed by atoms with E-state index in [1.165, 1.54) is 12.1 Å². The van der Waals surface area contributed by atoms with E-state index in [0.717, 1.165) is 24.0 Å². The molecule has 0 spiro atoms. The topological polar surface area (TPSA) is 128 Å². The Balaban J connectivity index is 1.45. The summed E-state index contributed by atoms with van der Waals surface area (Å²) in [5.74, 6) is -0.350. The van der Waals surface area contributed by atoms with Crippen LogP contribution in [0.4, 0.5) is 15.8 Å². The first-order chi connectivity index (χ1) is 20.7. The zero-order valence-corrected chi connectivity index (χ0v) is 24.1. The zero-order valence-electron chi connectivity index (χ0n) is 24.1. The van der Waals surface area contributed by atoms with Gasteiger partial charge in [0, 0.05) is 30.5 Å². The van der Waals surface area contributed by atoms with Gasteiger partial charge in [0.05, 0.1) is 51.9 Å². The van der Waals surface area contributed by atoms with Gasteiger partial charge in [-0.1, -0.05) is 44.2 Å². The predicted octanol–water partition coefficient (Wildman–Crippen LogP) is 6.30. The lowest BCUT2D eigenvalue weighted by molar-refractivity contribution is 0.443. The van der Waals surface area contributed by atoms with Gasteiger partial charge >= 0.3 is 0 Å². The molecule has 2 aromatic carbocycles. The molecule has 0 amide bonds. The molecule has 1 aliphatic carbocycles. The lowest BCUT2D eigenvalue weighted by Gasteiger charge is -2.23. The van der Waals surface area contributed by atoms with Gasteiger partial charge in [-0.25, -0.2) is 9.07 Å². The molecule has 10 heteroatoms. The molecule has 1 aliphatic rings. The second-order valence-electron chi connectivity index (χ2n) is 12.1. The maximum atomic E-state index is 14.0. The van der Waals surface area contributed by atoms with Crippen molar-refractivity contribution in [3.05, 3.63) is 107 Å². The maximum absolute atomic E-state index is 14.0. The molecule has 9 nitrogen and oxygen atoms in total. The SMILES string of the molecule is CC(C)(C)CNc1c(C#N)cnc2c(N[C@@H](c3ccc(F)cc3)c3cn(C4(c5cccnc5)CC4)nn3)cc(C#N)cc12. The fourth-order valence-corrected chi connectivity index (χ4v) is 5.27. The molecule has 43 heavy (non-hydrogen) atoms. The van der Waals surface area contributed by atoms with Crippen LogP contribution in [0.2, 0.25) is 0 Å². The summed E-state index contributed by atoms with van der Waals surface area (Å²) < 4.78 is 15.9. The Kier molecular flexibility index (Phi) is 6.99. The van der Waals surface area contributed by atoms with Crippen molar-refractivity contribution in [1.82, 2.24) is 25.0 Å². The van der Waals surface area contributed by atoms with E-state index in [-0.39, 0.29) is 16.8 Å². The van der Waals surface area contributed by atoms with E-state index in [9.17, 15) is 14.9 Å². The smallest absolute Gasteiger partial charge is 0.123 e. The number of anilines is 2. The molecular weight excluding hydrogens is 541 g/mol. The van der Waals surface area contributed by atoms with E-state index in [4.69, 9.17) is 0 Å². The van der Waals surface area contributed by atoms with Crippen molar-refractivity contribution >= 4 is 22.3 Å². The van der Waals surface area contributed by atoms with Crippen molar-refractivity contribution in [2.24, 2.45) is 5.41 Å². The minimum atomic E-state index is -0.542. The summed E-state index contributed by atoms with van der Waals surface area (Å²) >= 11 is 0. The van der Waals surface area contributed by atoms with Crippen LogP contribution in [0, 0.1) is 33.9 Å². The summed E-state index contributed by atoms with van der Waals surface area (Å²) in [6, 6.07) is 17.6. The fourth-order valence-electron chi connectivity index (χ4n) is 5.27. The predicted molar refractivity (Wildman–Crippen MR) is 162 cm³/mol. The highest BCUT2D eigenvalue weighted by molar-refractivity contribution is 6.01. The van der Waals surface area contributed by atoms with Crippen molar-refractivity contribution in [3.63, 3.8) is 0 Å². The van der Waals surface area contributed by atoms with Gasteiger partial charge in [-0.3, -0.25) is 9.97 Å². The van der Waals surface area contributed by atoms with Crippen LogP contribution in [0.1, 0.15) is 67.6 Å². The molecule has 0 radical (unpaired) electrons. The highest BCUT2D eigenvalue weighted by Crippen LogP contribution is 2.49. The van der Waals surface area contributed by atoms with Crippen LogP contribution < -0.4 is 10.6 Å². The number of rotatable bonds is 8. The Morgan fingerprint density at radius 2 is 1.86 bits per heavy atom. The molecule has 2 N–H and O–H groups in total. The first-order valence-electron chi connectivity index (χ1n) is 14.1. The first kappa shape index (κ1) is 27.8. The number of aromatic nitrogens is 5. The van der Waals surface area contributed by atoms with Crippen LogP contribution in [0.15, 0.2) is 73.3 Å². The molecule has 214 valence electrons. The van der Waals surface area contributed by atoms with E-state index >= 15 is 0 Å². The summed E-state index contributed by atoms with van der Waals surface area (Å²) in [6.45, 7) is 6.91. The quantitative estimate of drug-likeness (QED) is 0.222. The number of pyridine rings is 2. The van der Waals surface area contributed by atoms with Gasteiger partial charge in [-0.05, 0) is 59.7 Å². The summed E-state index contributed by atoms with van der Waals surface area (Å²) in [7, 11) is 0. The molecule has 0 saturated heterocycles. The summed E-state index contributed by atoms with van der Waals surface area (Å²) in [4.78, 5) is 8.93. The minimum absolute atomic E-state index is 0.0511. The third-order valence-corrected chi connectivity index (χ3v) is 7.69. The zero-order chi connectivity index (χ0) is 30.2. The largest absolute Gasteiger partial charge is 0.383 e. The molecule has 3 heterocycles. The van der Waals surface area contributed by atoms with E-state index in [1.807, 2.05) is 29.2 Å². The van der Waals surface area contributed by atoms with Crippen LogP contribution in [-0.2, 0) is 5.54 Å². The molecule has 6 rings (SSSR count). The second kappa shape index (κ2) is 10.8. The molecular formula is C33H30FN9. The van der Waals surface area contributed by atoms with Crippen LogP contribution in [0.25, 0.3) is 10.9 Å². The highest BCUT2D eigenvalue weighted by atomic mass is 19.1. The fraction of sp³-hybridized carbons (Fsp3) is 0.273. The van der Waals surface area contributed by atoms with Gasteiger partial charge in [0.25, 0.3) is 0 Å². The molecule has 0 aliphatic heterocycles. The Hall–Kier alpha value is -5.35. The van der Waals surface area contributed by atoms with Gasteiger partial charge in [0.1, 0.15) is 17.6 Å². The van der Waals surface area contributed by atoms with Crippen molar-refractivity contribution < 1.29 is 4.39 Å². The maximum Gasteiger partial charge on any atom is 0.123 e. The van der Waals surface area contributed by atoms with Crippen LogP contribution in [0.5, 0.6) is 0 Å². The highest BCUT2D eigenvalue weighted by Gasteiger charge is 2.48. The van der Waals surface area contributed by atoms with Gasteiger partial charge in [0.15, 0.2) is 0 Å². The third-order valence-electron chi connectivity index (χ3n) is 7.69. The number of hydrogen-bond acceptors (Lipinski definition) is 8. The molecule has 3 aromatic heterocycles. The number of nitrogens with zero attached hydrogens (tertiary/aromatic N) is 7. The second-order valence-corrected chi connectivity index (χ2v) is 12.1. The molecule has 5 aromatic rings. The lowest BCUT2D eigenvalue weighted by Crippen LogP contribution is -2.20. The van der Waals surface area contributed by atoms with Gasteiger partial charge in [0.2, 0.25) is 0 Å². The Bertz CT molecular complexity index is 1870. The lowest BCUT2D eigenvalue weighted by atomic mass is 9.96. The molecule has 0 unspecified atom stereocenters. The average molecular weight is 572 g/mol. The average Bonchev–Trinajstić information content (AvgIpc) is 3.68. The molecule has 1 saturated carbocycles. The van der Waals surface area contributed by atoms with Crippen molar-refractivity contribution in [1.29, 1.82) is 10.5 Å². The number of nitriles is 2. The van der Waals surface area contributed by atoms with E-state index in [2.05, 4.69) is 63.8 Å². The number of nitrogens with one attached hydrogen (secondary N) is 2. The first-order valence-corrected chi connectivity index (χ1v) is 14.1. The Labute approximate surface area is 249 Å². The normalized spacial score (nSPS) is 14.5.